The van der Waals surface area contributed by atoms with E-state index in [1.807, 2.05) is 18.2 Å². The fourth-order valence-corrected chi connectivity index (χ4v) is 3.22. The van der Waals surface area contributed by atoms with Crippen LogP contribution in [0.15, 0.2) is 59.3 Å². The van der Waals surface area contributed by atoms with Gasteiger partial charge in [-0.05, 0) is 36.4 Å². The third-order valence-corrected chi connectivity index (χ3v) is 4.74. The Morgan fingerprint density at radius 3 is 2.36 bits per heavy atom. The molecule has 2 aromatic heterocycles. The Bertz CT molecular complexity index is 901. The minimum atomic E-state index is -4.35. The number of oxazole rings is 1. The van der Waals surface area contributed by atoms with Crippen LogP contribution >= 0.6 is 0 Å². The summed E-state index contributed by atoms with van der Waals surface area (Å²) in [5, 5.41) is 0. The van der Waals surface area contributed by atoms with Crippen molar-refractivity contribution < 1.29 is 17.6 Å². The molecule has 0 radical (unpaired) electrons. The van der Waals surface area contributed by atoms with Crippen LogP contribution < -0.4 is 4.90 Å². The Balaban J connectivity index is 1.35. The Hall–Kier alpha value is -2.87. The van der Waals surface area contributed by atoms with Crippen molar-refractivity contribution in [3.63, 3.8) is 0 Å². The van der Waals surface area contributed by atoms with Gasteiger partial charge >= 0.3 is 6.18 Å². The van der Waals surface area contributed by atoms with Crippen molar-refractivity contribution in [1.82, 2.24) is 14.9 Å². The summed E-state index contributed by atoms with van der Waals surface area (Å²) in [6.07, 6.45) is -0.990. The quantitative estimate of drug-likeness (QED) is 0.674. The van der Waals surface area contributed by atoms with Crippen molar-refractivity contribution in [2.24, 2.45) is 0 Å². The molecule has 8 heteroatoms. The van der Waals surface area contributed by atoms with Gasteiger partial charge in [-0.3, -0.25) is 4.90 Å². The third kappa shape index (κ3) is 4.17. The van der Waals surface area contributed by atoms with Crippen molar-refractivity contribution in [3.05, 3.63) is 66.2 Å². The fourth-order valence-electron chi connectivity index (χ4n) is 3.22. The molecule has 28 heavy (non-hydrogen) atoms. The lowest BCUT2D eigenvalue weighted by Crippen LogP contribution is -2.46. The second-order valence-electron chi connectivity index (χ2n) is 6.67. The Kier molecular flexibility index (Phi) is 5.04. The average Bonchev–Trinajstić information content (AvgIpc) is 3.17. The largest absolute Gasteiger partial charge is 0.444 e. The molecule has 3 heterocycles. The van der Waals surface area contributed by atoms with E-state index in [1.165, 1.54) is 12.1 Å². The number of piperazine rings is 1. The maximum atomic E-state index is 12.7. The molecule has 4 rings (SSSR count). The second kappa shape index (κ2) is 7.63. The van der Waals surface area contributed by atoms with Crippen molar-refractivity contribution >= 4 is 5.82 Å². The molecule has 1 saturated heterocycles. The highest BCUT2D eigenvalue weighted by molar-refractivity contribution is 5.54. The van der Waals surface area contributed by atoms with Gasteiger partial charge in [-0.15, -0.1) is 0 Å². The highest BCUT2D eigenvalue weighted by atomic mass is 19.4. The van der Waals surface area contributed by atoms with Crippen molar-refractivity contribution in [3.8, 4) is 11.5 Å². The number of nitrogens with zero attached hydrogens (tertiary/aromatic N) is 4. The number of rotatable bonds is 4. The van der Waals surface area contributed by atoms with Gasteiger partial charge in [0.05, 0.1) is 11.3 Å². The smallest absolute Gasteiger partial charge is 0.416 e. The van der Waals surface area contributed by atoms with Gasteiger partial charge < -0.3 is 9.32 Å². The molecule has 5 nitrogen and oxygen atoms in total. The van der Waals surface area contributed by atoms with Crippen molar-refractivity contribution in [2.45, 2.75) is 12.7 Å². The third-order valence-electron chi connectivity index (χ3n) is 4.74. The van der Waals surface area contributed by atoms with Gasteiger partial charge in [0.15, 0.2) is 0 Å². The van der Waals surface area contributed by atoms with Crippen LogP contribution in [0.4, 0.5) is 19.0 Å². The number of halogens is 3. The highest BCUT2D eigenvalue weighted by Gasteiger charge is 2.30. The zero-order valence-corrected chi connectivity index (χ0v) is 15.1. The van der Waals surface area contributed by atoms with Gasteiger partial charge in [0.1, 0.15) is 12.1 Å². The lowest BCUT2D eigenvalue weighted by molar-refractivity contribution is -0.137. The van der Waals surface area contributed by atoms with E-state index in [0.717, 1.165) is 49.8 Å². The topological polar surface area (TPSA) is 45.4 Å². The van der Waals surface area contributed by atoms with E-state index in [4.69, 9.17) is 4.42 Å². The van der Waals surface area contributed by atoms with E-state index in [1.54, 1.807) is 12.5 Å². The molecule has 146 valence electrons. The molecular formula is C20H19F3N4O. The molecule has 0 unspecified atom stereocenters. The number of pyridine rings is 1. The molecule has 1 aromatic carbocycles. The number of hydrogen-bond donors (Lipinski definition) is 0. The summed E-state index contributed by atoms with van der Waals surface area (Å²) in [6, 6.07) is 10.7. The molecule has 0 saturated carbocycles. The van der Waals surface area contributed by atoms with E-state index < -0.39 is 11.7 Å². The molecular weight excluding hydrogens is 369 g/mol. The molecule has 3 aromatic rings. The van der Waals surface area contributed by atoms with E-state index in [0.29, 0.717) is 18.0 Å². The van der Waals surface area contributed by atoms with Crippen LogP contribution in [0.2, 0.25) is 0 Å². The Morgan fingerprint density at radius 1 is 0.964 bits per heavy atom. The van der Waals surface area contributed by atoms with E-state index in [2.05, 4.69) is 19.8 Å². The zero-order chi connectivity index (χ0) is 19.6. The van der Waals surface area contributed by atoms with Gasteiger partial charge in [-0.2, -0.15) is 13.2 Å². The molecule has 1 fully saturated rings. The first-order chi connectivity index (χ1) is 13.5. The zero-order valence-electron chi connectivity index (χ0n) is 15.1. The van der Waals surface area contributed by atoms with Crippen molar-refractivity contribution in [2.75, 3.05) is 31.1 Å². The number of benzene rings is 1. The predicted molar refractivity (Wildman–Crippen MR) is 98.7 cm³/mol. The lowest BCUT2D eigenvalue weighted by atomic mass is 10.1. The van der Waals surface area contributed by atoms with E-state index in [9.17, 15) is 13.2 Å². The summed E-state index contributed by atoms with van der Waals surface area (Å²) >= 11 is 0. The molecule has 0 amide bonds. The maximum Gasteiger partial charge on any atom is 0.416 e. The first-order valence-corrected chi connectivity index (χ1v) is 8.99. The lowest BCUT2D eigenvalue weighted by Gasteiger charge is -2.34. The summed E-state index contributed by atoms with van der Waals surface area (Å²) in [6.45, 7) is 4.14. The summed E-state index contributed by atoms with van der Waals surface area (Å²) < 4.78 is 43.5. The van der Waals surface area contributed by atoms with Crippen LogP contribution in [0.5, 0.6) is 0 Å². The number of hydrogen-bond acceptors (Lipinski definition) is 5. The van der Waals surface area contributed by atoms with Gasteiger partial charge in [0.2, 0.25) is 5.89 Å². The fraction of sp³-hybridized carbons (Fsp3) is 0.300. The van der Waals surface area contributed by atoms with Gasteiger partial charge in [-0.1, -0.05) is 6.07 Å². The molecule has 0 bridgehead atoms. The summed E-state index contributed by atoms with van der Waals surface area (Å²) in [7, 11) is 0. The summed E-state index contributed by atoms with van der Waals surface area (Å²) in [5.74, 6) is 1.31. The number of aromatic nitrogens is 2. The van der Waals surface area contributed by atoms with Crippen LogP contribution in [0, 0.1) is 0 Å². The van der Waals surface area contributed by atoms with Crippen LogP contribution in [0.3, 0.4) is 0 Å². The first kappa shape index (κ1) is 18.5. The van der Waals surface area contributed by atoms with Gasteiger partial charge in [0.25, 0.3) is 0 Å². The molecule has 0 spiro atoms. The Labute approximate surface area is 160 Å². The van der Waals surface area contributed by atoms with E-state index in [-0.39, 0.29) is 0 Å². The van der Waals surface area contributed by atoms with Crippen molar-refractivity contribution in [1.29, 1.82) is 0 Å². The standard InChI is InChI=1S/C20H19F3N4O/c21-20(22,23)16-6-4-15(5-7-16)19-25-17(14-28-19)13-26-9-11-27(12-10-26)18-3-1-2-8-24-18/h1-8,14H,9-13H2. The monoisotopic (exact) mass is 388 g/mol. The number of anilines is 1. The van der Waals surface area contributed by atoms with Crippen LogP contribution in [0.1, 0.15) is 11.3 Å². The van der Waals surface area contributed by atoms with Gasteiger partial charge in [0, 0.05) is 44.5 Å². The second-order valence-corrected chi connectivity index (χ2v) is 6.67. The maximum absolute atomic E-state index is 12.7. The SMILES string of the molecule is FC(F)(F)c1ccc(-c2nc(CN3CCN(c4ccccn4)CC3)co2)cc1. The van der Waals surface area contributed by atoms with Crippen LogP contribution in [-0.2, 0) is 12.7 Å². The summed E-state index contributed by atoms with van der Waals surface area (Å²) in [4.78, 5) is 13.3. The molecule has 1 aliphatic rings. The molecule has 0 atom stereocenters. The molecule has 0 N–H and O–H groups in total. The summed E-state index contributed by atoms with van der Waals surface area (Å²) in [5.41, 5.74) is 0.606. The normalized spacial score (nSPS) is 15.8. The minimum Gasteiger partial charge on any atom is -0.444 e. The Morgan fingerprint density at radius 2 is 1.71 bits per heavy atom. The predicted octanol–water partition coefficient (Wildman–Crippen LogP) is 4.08. The van der Waals surface area contributed by atoms with E-state index >= 15 is 0 Å². The molecule has 1 aliphatic heterocycles. The number of alkyl halides is 3. The minimum absolute atomic E-state index is 0.329. The average molecular weight is 388 g/mol. The first-order valence-electron chi connectivity index (χ1n) is 8.99. The molecule has 0 aliphatic carbocycles. The highest BCUT2D eigenvalue weighted by Crippen LogP contribution is 2.30. The van der Waals surface area contributed by atoms with Crippen LogP contribution in [0.25, 0.3) is 11.5 Å². The van der Waals surface area contributed by atoms with Crippen LogP contribution in [-0.4, -0.2) is 41.0 Å². The van der Waals surface area contributed by atoms with Gasteiger partial charge in [-0.25, -0.2) is 9.97 Å².